The fraction of sp³-hybridized carbons (Fsp3) is 0.0625. The van der Waals surface area contributed by atoms with E-state index in [0.717, 1.165) is 23.0 Å². The van der Waals surface area contributed by atoms with Gasteiger partial charge in [0.05, 0.1) is 11.9 Å². The molecule has 0 atom stereocenters. The molecule has 2 heterocycles. The number of hydrogen-bond acceptors (Lipinski definition) is 6. The fourth-order valence-corrected chi connectivity index (χ4v) is 2.44. The lowest BCUT2D eigenvalue weighted by Crippen LogP contribution is -1.92. The summed E-state index contributed by atoms with van der Waals surface area (Å²) in [6.07, 6.45) is 0.194. The number of rotatable bonds is 4. The number of fused-ring (bicyclic) bond motifs is 1. The van der Waals surface area contributed by atoms with Crippen molar-refractivity contribution in [3.63, 3.8) is 0 Å². The molecule has 0 amide bonds. The Morgan fingerprint density at radius 3 is 2.80 bits per heavy atom. The largest absolute Gasteiger partial charge is 0.408 e. The molecule has 0 radical (unpaired) electrons. The van der Waals surface area contributed by atoms with Gasteiger partial charge < -0.3 is 15.5 Å². The lowest BCUT2D eigenvalue weighted by molar-refractivity contribution is 0.502. The average Bonchev–Trinajstić information content (AvgIpc) is 3.18. The van der Waals surface area contributed by atoms with Crippen molar-refractivity contribution in [1.29, 1.82) is 0 Å². The molecule has 4 aromatic rings. The number of halogens is 2. The molecule has 0 aliphatic carbocycles. The first kappa shape index (κ1) is 15.1. The number of nitrogens with two attached hydrogens (primary N) is 1. The highest BCUT2D eigenvalue weighted by molar-refractivity contribution is 5.91. The minimum absolute atomic E-state index is 0.180. The highest BCUT2D eigenvalue weighted by Gasteiger charge is 2.10. The summed E-state index contributed by atoms with van der Waals surface area (Å²) in [5, 5.41) is 18.2. The quantitative estimate of drug-likeness (QED) is 0.526. The average molecular weight is 342 g/mol. The molecule has 0 saturated carbocycles. The molecule has 0 bridgehead atoms. The van der Waals surface area contributed by atoms with Crippen LogP contribution in [0.15, 0.2) is 40.8 Å². The Labute approximate surface area is 139 Å². The van der Waals surface area contributed by atoms with E-state index < -0.39 is 11.6 Å². The zero-order chi connectivity index (χ0) is 17.4. The number of aromatic amines is 1. The summed E-state index contributed by atoms with van der Waals surface area (Å²) in [4.78, 5) is 0. The molecule has 2 aromatic carbocycles. The van der Waals surface area contributed by atoms with Crippen LogP contribution in [0.2, 0.25) is 0 Å². The number of nitrogen functional groups attached to an aromatic ring is 1. The third-order valence-corrected chi connectivity index (χ3v) is 3.65. The molecule has 25 heavy (non-hydrogen) atoms. The van der Waals surface area contributed by atoms with Gasteiger partial charge in [0, 0.05) is 11.1 Å². The van der Waals surface area contributed by atoms with E-state index in [1.807, 2.05) is 6.07 Å². The SMILES string of the molecule is Nc1n[nH]c2ccc(Nc3nnc(Cc4ccc(F)c(F)c4)o3)cc12. The van der Waals surface area contributed by atoms with E-state index in [-0.39, 0.29) is 18.3 Å². The Morgan fingerprint density at radius 2 is 1.96 bits per heavy atom. The number of aromatic nitrogens is 4. The van der Waals surface area contributed by atoms with Crippen LogP contribution in [0.1, 0.15) is 11.5 Å². The van der Waals surface area contributed by atoms with Gasteiger partial charge in [-0.1, -0.05) is 11.2 Å². The molecule has 0 fully saturated rings. The molecule has 0 saturated heterocycles. The van der Waals surface area contributed by atoms with Gasteiger partial charge in [0.1, 0.15) is 0 Å². The van der Waals surface area contributed by atoms with Gasteiger partial charge in [-0.15, -0.1) is 5.10 Å². The molecular formula is C16H12F2N6O. The van der Waals surface area contributed by atoms with Gasteiger partial charge in [-0.2, -0.15) is 5.10 Å². The van der Waals surface area contributed by atoms with Crippen LogP contribution in [-0.4, -0.2) is 20.4 Å². The summed E-state index contributed by atoms with van der Waals surface area (Å²) in [5.41, 5.74) is 7.81. The summed E-state index contributed by atoms with van der Waals surface area (Å²) in [6.45, 7) is 0. The summed E-state index contributed by atoms with van der Waals surface area (Å²) >= 11 is 0. The van der Waals surface area contributed by atoms with E-state index in [1.165, 1.54) is 6.07 Å². The maximum Gasteiger partial charge on any atom is 0.320 e. The summed E-state index contributed by atoms with van der Waals surface area (Å²) in [6, 6.07) is 9.23. The van der Waals surface area contributed by atoms with E-state index in [1.54, 1.807) is 12.1 Å². The zero-order valence-corrected chi connectivity index (χ0v) is 12.8. The number of nitrogens with zero attached hydrogens (tertiary/aromatic N) is 3. The minimum atomic E-state index is -0.915. The van der Waals surface area contributed by atoms with E-state index in [2.05, 4.69) is 25.7 Å². The molecule has 126 valence electrons. The van der Waals surface area contributed by atoms with Gasteiger partial charge in [-0.3, -0.25) is 5.10 Å². The van der Waals surface area contributed by atoms with Crippen molar-refractivity contribution in [1.82, 2.24) is 20.4 Å². The maximum absolute atomic E-state index is 13.2. The third kappa shape index (κ3) is 2.99. The molecule has 9 heteroatoms. The molecule has 0 aliphatic rings. The van der Waals surface area contributed by atoms with E-state index >= 15 is 0 Å². The molecular weight excluding hydrogens is 330 g/mol. The molecule has 2 aromatic heterocycles. The zero-order valence-electron chi connectivity index (χ0n) is 12.8. The van der Waals surface area contributed by atoms with Crippen molar-refractivity contribution in [3.05, 3.63) is 59.5 Å². The first-order chi connectivity index (χ1) is 12.1. The van der Waals surface area contributed by atoms with Crippen LogP contribution in [0.3, 0.4) is 0 Å². The maximum atomic E-state index is 13.2. The van der Waals surface area contributed by atoms with Crippen molar-refractivity contribution in [3.8, 4) is 0 Å². The van der Waals surface area contributed by atoms with Gasteiger partial charge in [0.25, 0.3) is 0 Å². The summed E-state index contributed by atoms with van der Waals surface area (Å²) < 4.78 is 31.7. The van der Waals surface area contributed by atoms with Crippen LogP contribution in [-0.2, 0) is 6.42 Å². The van der Waals surface area contributed by atoms with Crippen molar-refractivity contribution in [2.75, 3.05) is 11.1 Å². The van der Waals surface area contributed by atoms with Gasteiger partial charge >= 0.3 is 6.01 Å². The van der Waals surface area contributed by atoms with Crippen LogP contribution < -0.4 is 11.1 Å². The van der Waals surface area contributed by atoms with Gasteiger partial charge in [0.2, 0.25) is 5.89 Å². The van der Waals surface area contributed by atoms with E-state index in [0.29, 0.717) is 17.1 Å². The second-order valence-electron chi connectivity index (χ2n) is 5.42. The van der Waals surface area contributed by atoms with Crippen molar-refractivity contribution in [2.24, 2.45) is 0 Å². The standard InChI is InChI=1S/C16H12F2N6O/c17-11-3-1-8(5-12(11)18)6-14-22-24-16(25-14)20-9-2-4-13-10(7-9)15(19)23-21-13/h1-5,7H,6H2,(H,20,24)(H3,19,21,23). The summed E-state index contributed by atoms with van der Waals surface area (Å²) in [5.74, 6) is -1.15. The number of anilines is 3. The third-order valence-electron chi connectivity index (χ3n) is 3.65. The second-order valence-corrected chi connectivity index (χ2v) is 5.42. The molecule has 4 rings (SSSR count). The van der Waals surface area contributed by atoms with Crippen molar-refractivity contribution in [2.45, 2.75) is 6.42 Å². The Hall–Kier alpha value is -3.49. The van der Waals surface area contributed by atoms with E-state index in [4.69, 9.17) is 10.2 Å². The van der Waals surface area contributed by atoms with Gasteiger partial charge in [-0.25, -0.2) is 8.78 Å². The second kappa shape index (κ2) is 5.86. The molecule has 7 nitrogen and oxygen atoms in total. The Kier molecular flexibility index (Phi) is 3.53. The fourth-order valence-electron chi connectivity index (χ4n) is 2.44. The lowest BCUT2D eigenvalue weighted by atomic mass is 10.1. The highest BCUT2D eigenvalue weighted by Crippen LogP contribution is 2.24. The predicted octanol–water partition coefficient (Wildman–Crippen LogP) is 3.14. The molecule has 0 spiro atoms. The van der Waals surface area contributed by atoms with Crippen LogP contribution in [0.5, 0.6) is 0 Å². The Balaban J connectivity index is 1.52. The highest BCUT2D eigenvalue weighted by atomic mass is 19.2. The topological polar surface area (TPSA) is 106 Å². The first-order valence-electron chi connectivity index (χ1n) is 7.35. The van der Waals surface area contributed by atoms with Crippen LogP contribution >= 0.6 is 0 Å². The first-order valence-corrected chi connectivity index (χ1v) is 7.35. The Bertz CT molecular complexity index is 1060. The molecule has 0 unspecified atom stereocenters. The van der Waals surface area contributed by atoms with Gasteiger partial charge in [0.15, 0.2) is 17.5 Å². The van der Waals surface area contributed by atoms with Crippen LogP contribution in [0.25, 0.3) is 10.9 Å². The number of H-pyrrole nitrogens is 1. The molecule has 4 N–H and O–H groups in total. The number of nitrogens with one attached hydrogen (secondary N) is 2. The van der Waals surface area contributed by atoms with Crippen LogP contribution in [0, 0.1) is 11.6 Å². The van der Waals surface area contributed by atoms with Crippen LogP contribution in [0.4, 0.5) is 26.3 Å². The van der Waals surface area contributed by atoms with E-state index in [9.17, 15) is 8.78 Å². The predicted molar refractivity (Wildman–Crippen MR) is 87.3 cm³/mol. The lowest BCUT2D eigenvalue weighted by Gasteiger charge is -2.01. The normalized spacial score (nSPS) is 11.1. The molecule has 0 aliphatic heterocycles. The Morgan fingerprint density at radius 1 is 1.08 bits per heavy atom. The number of benzene rings is 2. The monoisotopic (exact) mass is 342 g/mol. The van der Waals surface area contributed by atoms with Crippen molar-refractivity contribution >= 4 is 28.4 Å². The summed E-state index contributed by atoms with van der Waals surface area (Å²) in [7, 11) is 0. The van der Waals surface area contributed by atoms with Gasteiger partial charge in [-0.05, 0) is 35.9 Å². The smallest absolute Gasteiger partial charge is 0.320 e. The number of hydrogen-bond donors (Lipinski definition) is 3. The van der Waals surface area contributed by atoms with Crippen molar-refractivity contribution < 1.29 is 13.2 Å². The minimum Gasteiger partial charge on any atom is -0.408 e.